The van der Waals surface area contributed by atoms with E-state index in [1.165, 1.54) is 0 Å². The van der Waals surface area contributed by atoms with Crippen LogP contribution in [0.25, 0.3) is 0 Å². The van der Waals surface area contributed by atoms with E-state index in [2.05, 4.69) is 0 Å². The van der Waals surface area contributed by atoms with Crippen LogP contribution in [0, 0.1) is 6.92 Å². The summed E-state index contributed by atoms with van der Waals surface area (Å²) in [4.78, 5) is 14.1. The highest BCUT2D eigenvalue weighted by atomic mass is 16.1. The molecule has 2 aromatic rings. The normalized spacial score (nSPS) is 10.2. The van der Waals surface area contributed by atoms with Crippen molar-refractivity contribution in [3.63, 3.8) is 0 Å². The molecule has 3 nitrogen and oxygen atoms in total. The Morgan fingerprint density at radius 2 is 1.84 bits per heavy atom. The summed E-state index contributed by atoms with van der Waals surface area (Å²) in [7, 11) is 1.91. The number of rotatable bonds is 4. The molecule has 2 N–H and O–H groups in total. The number of nitrogens with zero attached hydrogens (tertiary/aromatic N) is 1. The van der Waals surface area contributed by atoms with Crippen molar-refractivity contribution in [2.45, 2.75) is 6.92 Å². The first-order valence-electron chi connectivity index (χ1n) is 6.23. The average molecular weight is 254 g/mol. The number of nitrogens with two attached hydrogens (primary N) is 1. The molecule has 0 aliphatic carbocycles. The van der Waals surface area contributed by atoms with Gasteiger partial charge in [-0.1, -0.05) is 30.3 Å². The lowest BCUT2D eigenvalue weighted by atomic mass is 10.1. The molecule has 0 spiro atoms. The number of ketones is 1. The molecule has 0 bridgehead atoms. The van der Waals surface area contributed by atoms with E-state index in [0.717, 1.165) is 11.3 Å². The molecule has 2 aromatic carbocycles. The number of Topliss-reactive ketones (excluding diaryl/α,β-unsaturated/α-hetero) is 1. The minimum Gasteiger partial charge on any atom is -0.398 e. The van der Waals surface area contributed by atoms with Gasteiger partial charge in [-0.2, -0.15) is 0 Å². The Kier molecular flexibility index (Phi) is 3.85. The lowest BCUT2D eigenvalue weighted by Crippen LogP contribution is -2.25. The Balaban J connectivity index is 2.11. The minimum atomic E-state index is 0.0676. The molecule has 0 amide bonds. The van der Waals surface area contributed by atoms with Crippen LogP contribution in [0.15, 0.2) is 48.5 Å². The number of carbonyl (C=O) groups is 1. The number of anilines is 2. The second-order valence-electron chi connectivity index (χ2n) is 4.69. The first kappa shape index (κ1) is 13.1. The third kappa shape index (κ3) is 3.13. The van der Waals surface area contributed by atoms with Gasteiger partial charge in [0.05, 0.1) is 6.54 Å². The molecule has 0 fully saturated rings. The van der Waals surface area contributed by atoms with Gasteiger partial charge in [-0.15, -0.1) is 0 Å². The summed E-state index contributed by atoms with van der Waals surface area (Å²) < 4.78 is 0. The largest absolute Gasteiger partial charge is 0.398 e. The SMILES string of the molecule is Cc1ccc(C(=O)CN(C)c2ccccc2)cc1N. The number of aryl methyl sites for hydroxylation is 1. The zero-order valence-corrected chi connectivity index (χ0v) is 11.3. The topological polar surface area (TPSA) is 46.3 Å². The molecule has 0 atom stereocenters. The molecule has 0 saturated carbocycles. The van der Waals surface area contributed by atoms with Crippen molar-refractivity contribution in [3.8, 4) is 0 Å². The molecule has 0 heterocycles. The second kappa shape index (κ2) is 5.57. The van der Waals surface area contributed by atoms with Gasteiger partial charge < -0.3 is 10.6 Å². The fraction of sp³-hybridized carbons (Fsp3) is 0.188. The van der Waals surface area contributed by atoms with E-state index >= 15 is 0 Å². The van der Waals surface area contributed by atoms with Gasteiger partial charge in [0.25, 0.3) is 0 Å². The fourth-order valence-electron chi connectivity index (χ4n) is 1.89. The minimum absolute atomic E-state index is 0.0676. The van der Waals surface area contributed by atoms with Crippen molar-refractivity contribution >= 4 is 17.2 Å². The molecule has 0 aromatic heterocycles. The summed E-state index contributed by atoms with van der Waals surface area (Å²) >= 11 is 0. The monoisotopic (exact) mass is 254 g/mol. The molecule has 2 rings (SSSR count). The van der Waals surface area contributed by atoms with Crippen LogP contribution in [-0.2, 0) is 0 Å². The zero-order chi connectivity index (χ0) is 13.8. The molecule has 98 valence electrons. The van der Waals surface area contributed by atoms with Crippen LogP contribution in [0.4, 0.5) is 11.4 Å². The molecule has 19 heavy (non-hydrogen) atoms. The van der Waals surface area contributed by atoms with Gasteiger partial charge in [-0.05, 0) is 30.7 Å². The van der Waals surface area contributed by atoms with E-state index in [0.29, 0.717) is 17.8 Å². The highest BCUT2D eigenvalue weighted by Crippen LogP contribution is 2.15. The molecule has 0 aliphatic rings. The number of benzene rings is 2. The molecular weight excluding hydrogens is 236 g/mol. The average Bonchev–Trinajstić information content (AvgIpc) is 2.42. The summed E-state index contributed by atoms with van der Waals surface area (Å²) in [5.41, 5.74) is 9.17. The summed E-state index contributed by atoms with van der Waals surface area (Å²) in [6, 6.07) is 15.3. The number of likely N-dealkylation sites (N-methyl/N-ethyl adjacent to an activating group) is 1. The van der Waals surface area contributed by atoms with Crippen LogP contribution in [0.3, 0.4) is 0 Å². The predicted octanol–water partition coefficient (Wildman–Crippen LogP) is 2.90. The van der Waals surface area contributed by atoms with Crippen molar-refractivity contribution in [2.24, 2.45) is 0 Å². The highest BCUT2D eigenvalue weighted by molar-refractivity contribution is 6.00. The van der Waals surface area contributed by atoms with Crippen LogP contribution < -0.4 is 10.6 Å². The molecular formula is C16H18N2O. The molecule has 0 saturated heterocycles. The number of para-hydroxylation sites is 1. The first-order chi connectivity index (χ1) is 9.08. The first-order valence-corrected chi connectivity index (χ1v) is 6.23. The van der Waals surface area contributed by atoms with Crippen LogP contribution >= 0.6 is 0 Å². The van der Waals surface area contributed by atoms with Gasteiger partial charge in [0.15, 0.2) is 5.78 Å². The smallest absolute Gasteiger partial charge is 0.182 e. The third-order valence-electron chi connectivity index (χ3n) is 3.18. The number of nitrogen functional groups attached to an aromatic ring is 1. The van der Waals surface area contributed by atoms with Crippen LogP contribution in [0.1, 0.15) is 15.9 Å². The fourth-order valence-corrected chi connectivity index (χ4v) is 1.89. The molecule has 0 aliphatic heterocycles. The standard InChI is InChI=1S/C16H18N2O/c1-12-8-9-13(10-15(12)17)16(19)11-18(2)14-6-4-3-5-7-14/h3-10H,11,17H2,1-2H3. The van der Waals surface area contributed by atoms with Crippen molar-refractivity contribution in [1.29, 1.82) is 0 Å². The maximum atomic E-state index is 12.2. The number of hydrogen-bond acceptors (Lipinski definition) is 3. The van der Waals surface area contributed by atoms with Crippen molar-refractivity contribution in [2.75, 3.05) is 24.2 Å². The van der Waals surface area contributed by atoms with Crippen LogP contribution in [0.5, 0.6) is 0 Å². The van der Waals surface area contributed by atoms with E-state index in [-0.39, 0.29) is 5.78 Å². The van der Waals surface area contributed by atoms with E-state index in [9.17, 15) is 4.79 Å². The lowest BCUT2D eigenvalue weighted by Gasteiger charge is -2.18. The van der Waals surface area contributed by atoms with E-state index < -0.39 is 0 Å². The van der Waals surface area contributed by atoms with E-state index in [4.69, 9.17) is 5.73 Å². The van der Waals surface area contributed by atoms with Crippen molar-refractivity contribution in [3.05, 3.63) is 59.7 Å². The Morgan fingerprint density at radius 3 is 2.47 bits per heavy atom. The van der Waals surface area contributed by atoms with E-state index in [1.54, 1.807) is 6.07 Å². The highest BCUT2D eigenvalue weighted by Gasteiger charge is 2.10. The van der Waals surface area contributed by atoms with Gasteiger partial charge in [0.1, 0.15) is 0 Å². The quantitative estimate of drug-likeness (QED) is 0.674. The lowest BCUT2D eigenvalue weighted by molar-refractivity contribution is 0.100. The molecule has 0 radical (unpaired) electrons. The maximum absolute atomic E-state index is 12.2. The summed E-state index contributed by atoms with van der Waals surface area (Å²) in [6.45, 7) is 2.27. The summed E-state index contributed by atoms with van der Waals surface area (Å²) in [6.07, 6.45) is 0. The summed E-state index contributed by atoms with van der Waals surface area (Å²) in [5, 5.41) is 0. The molecule has 0 unspecified atom stereocenters. The number of carbonyl (C=O) groups excluding carboxylic acids is 1. The Bertz CT molecular complexity index is 579. The van der Waals surface area contributed by atoms with Gasteiger partial charge in [0, 0.05) is 24.0 Å². The van der Waals surface area contributed by atoms with Gasteiger partial charge >= 0.3 is 0 Å². The second-order valence-corrected chi connectivity index (χ2v) is 4.69. The van der Waals surface area contributed by atoms with Gasteiger partial charge in [0.2, 0.25) is 0 Å². The maximum Gasteiger partial charge on any atom is 0.182 e. The third-order valence-corrected chi connectivity index (χ3v) is 3.18. The predicted molar refractivity (Wildman–Crippen MR) is 79.6 cm³/mol. The van der Waals surface area contributed by atoms with Crippen LogP contribution in [0.2, 0.25) is 0 Å². The Hall–Kier alpha value is -2.29. The van der Waals surface area contributed by atoms with Gasteiger partial charge in [-0.25, -0.2) is 0 Å². The Labute approximate surface area is 113 Å². The van der Waals surface area contributed by atoms with Crippen molar-refractivity contribution < 1.29 is 4.79 Å². The van der Waals surface area contributed by atoms with Crippen molar-refractivity contribution in [1.82, 2.24) is 0 Å². The molecule has 3 heteroatoms. The Morgan fingerprint density at radius 1 is 1.16 bits per heavy atom. The van der Waals surface area contributed by atoms with E-state index in [1.807, 2.05) is 61.3 Å². The van der Waals surface area contributed by atoms with Gasteiger partial charge in [-0.3, -0.25) is 4.79 Å². The zero-order valence-electron chi connectivity index (χ0n) is 11.3. The summed E-state index contributed by atoms with van der Waals surface area (Å²) in [5.74, 6) is 0.0676. The van der Waals surface area contributed by atoms with Crippen LogP contribution in [-0.4, -0.2) is 19.4 Å². The number of hydrogen-bond donors (Lipinski definition) is 1.